The smallest absolute Gasteiger partial charge is 0.315 e. The summed E-state index contributed by atoms with van der Waals surface area (Å²) in [7, 11) is 0. The Kier molecular flexibility index (Phi) is 3.61. The van der Waals surface area contributed by atoms with E-state index in [1.54, 1.807) is 4.90 Å². The Morgan fingerprint density at radius 2 is 1.96 bits per heavy atom. The summed E-state index contributed by atoms with van der Waals surface area (Å²) in [6.45, 7) is 10.3. The van der Waals surface area contributed by atoms with Crippen LogP contribution in [0, 0.1) is 11.3 Å². The summed E-state index contributed by atoms with van der Waals surface area (Å²) in [4.78, 5) is 27.5. The van der Waals surface area contributed by atoms with Crippen molar-refractivity contribution in [2.75, 3.05) is 19.6 Å². The van der Waals surface area contributed by atoms with E-state index >= 15 is 0 Å². The van der Waals surface area contributed by atoms with E-state index in [1.165, 1.54) is 0 Å². The normalized spacial score (nSPS) is 22.4. The van der Waals surface area contributed by atoms with Crippen molar-refractivity contribution in [3.63, 3.8) is 0 Å². The SMILES string of the molecule is CC(C)c1cc(C(=O)N2CC3(C2)CN(C(N)=O)C3C(C)C)n[nH]1. The van der Waals surface area contributed by atoms with Gasteiger partial charge < -0.3 is 15.5 Å². The zero-order valence-corrected chi connectivity index (χ0v) is 14.2. The van der Waals surface area contributed by atoms with E-state index in [4.69, 9.17) is 5.73 Å². The van der Waals surface area contributed by atoms with Crippen LogP contribution < -0.4 is 5.73 Å². The van der Waals surface area contributed by atoms with Crippen LogP contribution in [0.25, 0.3) is 0 Å². The van der Waals surface area contributed by atoms with Crippen molar-refractivity contribution in [2.24, 2.45) is 17.1 Å². The quantitative estimate of drug-likeness (QED) is 0.881. The maximum Gasteiger partial charge on any atom is 0.315 e. The molecular weight excluding hydrogens is 294 g/mol. The molecule has 0 radical (unpaired) electrons. The van der Waals surface area contributed by atoms with Crippen molar-refractivity contribution in [1.29, 1.82) is 0 Å². The fourth-order valence-corrected chi connectivity index (χ4v) is 4.08. The maximum absolute atomic E-state index is 12.5. The molecule has 126 valence electrons. The molecule has 2 aliphatic rings. The van der Waals surface area contributed by atoms with Gasteiger partial charge in [-0.3, -0.25) is 9.89 Å². The zero-order valence-electron chi connectivity index (χ0n) is 14.2. The number of nitrogens with two attached hydrogens (primary N) is 1. The minimum atomic E-state index is -0.368. The predicted octanol–water partition coefficient (Wildman–Crippen LogP) is 1.39. The Morgan fingerprint density at radius 1 is 1.30 bits per heavy atom. The van der Waals surface area contributed by atoms with Gasteiger partial charge in [-0.2, -0.15) is 5.10 Å². The molecule has 1 spiro atoms. The molecule has 3 amide bonds. The molecule has 23 heavy (non-hydrogen) atoms. The molecular formula is C16H25N5O2. The van der Waals surface area contributed by atoms with Crippen LogP contribution in [0.3, 0.4) is 0 Å². The first-order chi connectivity index (χ1) is 10.7. The number of amides is 3. The molecule has 2 fully saturated rings. The van der Waals surface area contributed by atoms with Gasteiger partial charge >= 0.3 is 6.03 Å². The van der Waals surface area contributed by atoms with Gasteiger partial charge in [0.25, 0.3) is 5.91 Å². The highest BCUT2D eigenvalue weighted by Gasteiger charge is 2.62. The lowest BCUT2D eigenvalue weighted by Crippen LogP contribution is -2.80. The number of rotatable bonds is 3. The van der Waals surface area contributed by atoms with E-state index in [1.807, 2.05) is 11.0 Å². The minimum Gasteiger partial charge on any atom is -0.351 e. The van der Waals surface area contributed by atoms with Crippen molar-refractivity contribution < 1.29 is 9.59 Å². The Hall–Kier alpha value is -2.05. The van der Waals surface area contributed by atoms with E-state index in [0.29, 0.717) is 37.2 Å². The average Bonchev–Trinajstić information content (AvgIpc) is 2.83. The predicted molar refractivity (Wildman–Crippen MR) is 85.9 cm³/mol. The number of aromatic nitrogens is 2. The van der Waals surface area contributed by atoms with Crippen LogP contribution in [-0.2, 0) is 0 Å². The highest BCUT2D eigenvalue weighted by Crippen LogP contribution is 2.48. The number of hydrogen-bond acceptors (Lipinski definition) is 3. The molecule has 1 aromatic heterocycles. The molecule has 7 heteroatoms. The van der Waals surface area contributed by atoms with Gasteiger partial charge in [-0.05, 0) is 17.9 Å². The number of nitrogens with zero attached hydrogens (tertiary/aromatic N) is 3. The summed E-state index contributed by atoms with van der Waals surface area (Å²) in [6, 6.07) is 1.58. The minimum absolute atomic E-state index is 0.00996. The van der Waals surface area contributed by atoms with Crippen LogP contribution in [0.15, 0.2) is 6.07 Å². The van der Waals surface area contributed by atoms with Gasteiger partial charge in [-0.15, -0.1) is 0 Å². The number of urea groups is 1. The van der Waals surface area contributed by atoms with Crippen molar-refractivity contribution in [3.05, 3.63) is 17.5 Å². The molecule has 1 atom stereocenters. The van der Waals surface area contributed by atoms with Gasteiger partial charge in [-0.1, -0.05) is 27.7 Å². The lowest BCUT2D eigenvalue weighted by Gasteiger charge is -2.66. The first-order valence-electron chi connectivity index (χ1n) is 8.16. The van der Waals surface area contributed by atoms with E-state index in [2.05, 4.69) is 37.9 Å². The third-order valence-corrected chi connectivity index (χ3v) is 5.10. The number of hydrogen-bond donors (Lipinski definition) is 2. The topological polar surface area (TPSA) is 95.3 Å². The second-order valence-electron chi connectivity index (χ2n) is 7.54. The molecule has 0 saturated carbocycles. The molecule has 3 N–H and O–H groups in total. The largest absolute Gasteiger partial charge is 0.351 e. The van der Waals surface area contributed by atoms with E-state index < -0.39 is 0 Å². The summed E-state index contributed by atoms with van der Waals surface area (Å²) < 4.78 is 0. The van der Waals surface area contributed by atoms with Crippen LogP contribution in [0.1, 0.15) is 49.8 Å². The maximum atomic E-state index is 12.5. The second-order valence-corrected chi connectivity index (χ2v) is 7.54. The van der Waals surface area contributed by atoms with Gasteiger partial charge in [0, 0.05) is 36.8 Å². The molecule has 3 rings (SSSR count). The van der Waals surface area contributed by atoms with Gasteiger partial charge in [0.05, 0.1) is 0 Å². The van der Waals surface area contributed by atoms with Crippen LogP contribution >= 0.6 is 0 Å². The Bertz CT molecular complexity index is 630. The lowest BCUT2D eigenvalue weighted by atomic mass is 9.62. The van der Waals surface area contributed by atoms with Crippen LogP contribution in [0.4, 0.5) is 4.79 Å². The molecule has 0 aliphatic carbocycles. The number of likely N-dealkylation sites (tertiary alicyclic amines) is 2. The zero-order chi connectivity index (χ0) is 16.9. The standard InChI is InChI=1S/C16H25N5O2/c1-9(2)11-5-12(19-18-11)14(22)20-6-16(7-20)8-21(15(17)23)13(16)10(3)4/h5,9-10,13H,6-8H2,1-4H3,(H2,17,23)(H,18,19). The van der Waals surface area contributed by atoms with E-state index in [0.717, 1.165) is 5.69 Å². The molecule has 2 aliphatic heterocycles. The average molecular weight is 319 g/mol. The van der Waals surface area contributed by atoms with Crippen molar-refractivity contribution in [3.8, 4) is 0 Å². The Labute approximate surface area is 136 Å². The first kappa shape index (κ1) is 15.8. The fraction of sp³-hybridized carbons (Fsp3) is 0.688. The van der Waals surface area contributed by atoms with Crippen molar-refractivity contribution in [2.45, 2.75) is 39.7 Å². The molecule has 1 unspecified atom stereocenters. The lowest BCUT2D eigenvalue weighted by molar-refractivity contribution is -0.142. The van der Waals surface area contributed by atoms with Crippen molar-refractivity contribution >= 4 is 11.9 Å². The summed E-state index contributed by atoms with van der Waals surface area (Å²) >= 11 is 0. The first-order valence-corrected chi connectivity index (χ1v) is 8.16. The highest BCUT2D eigenvalue weighted by molar-refractivity contribution is 5.93. The summed E-state index contributed by atoms with van der Waals surface area (Å²) in [5.41, 5.74) is 6.88. The van der Waals surface area contributed by atoms with Crippen LogP contribution in [0.5, 0.6) is 0 Å². The van der Waals surface area contributed by atoms with Gasteiger partial charge in [0.15, 0.2) is 0 Å². The number of H-pyrrole nitrogens is 1. The Morgan fingerprint density at radius 3 is 2.43 bits per heavy atom. The molecule has 2 saturated heterocycles. The molecule has 7 nitrogen and oxygen atoms in total. The number of nitrogens with one attached hydrogen (secondary N) is 1. The van der Waals surface area contributed by atoms with Gasteiger partial charge in [0.1, 0.15) is 5.69 Å². The third-order valence-electron chi connectivity index (χ3n) is 5.10. The summed E-state index contributed by atoms with van der Waals surface area (Å²) in [5.74, 6) is 0.595. The number of primary amides is 1. The highest BCUT2D eigenvalue weighted by atomic mass is 16.2. The van der Waals surface area contributed by atoms with Gasteiger partial charge in [0.2, 0.25) is 0 Å². The monoisotopic (exact) mass is 319 g/mol. The van der Waals surface area contributed by atoms with Crippen LogP contribution in [0.2, 0.25) is 0 Å². The number of carbonyl (C=O) groups is 2. The molecule has 1 aromatic rings. The van der Waals surface area contributed by atoms with E-state index in [-0.39, 0.29) is 23.4 Å². The van der Waals surface area contributed by atoms with Gasteiger partial charge in [-0.25, -0.2) is 4.79 Å². The summed E-state index contributed by atoms with van der Waals surface area (Å²) in [6.07, 6.45) is 0. The number of carbonyl (C=O) groups excluding carboxylic acids is 2. The second kappa shape index (κ2) is 5.25. The van der Waals surface area contributed by atoms with E-state index in [9.17, 15) is 9.59 Å². The molecule has 3 heterocycles. The van der Waals surface area contributed by atoms with Crippen molar-refractivity contribution in [1.82, 2.24) is 20.0 Å². The fourth-order valence-electron chi connectivity index (χ4n) is 4.08. The van der Waals surface area contributed by atoms with Crippen LogP contribution in [-0.4, -0.2) is 57.6 Å². The molecule has 0 aromatic carbocycles. The number of aromatic amines is 1. The summed E-state index contributed by atoms with van der Waals surface area (Å²) in [5, 5.41) is 7.05. The third kappa shape index (κ3) is 2.38. The molecule has 0 bridgehead atoms. The Balaban J connectivity index is 1.66.